The van der Waals surface area contributed by atoms with Crippen LogP contribution in [0.15, 0.2) is 18.2 Å². The molecule has 1 aliphatic carbocycles. The molecule has 0 radical (unpaired) electrons. The Morgan fingerprint density at radius 3 is 2.65 bits per heavy atom. The van der Waals surface area contributed by atoms with Gasteiger partial charge in [-0.05, 0) is 49.3 Å². The molecule has 1 aromatic carbocycles. The number of aryl methyl sites for hydroxylation is 2. The molecule has 0 spiro atoms. The Labute approximate surface area is 103 Å². The molecule has 1 fully saturated rings. The molecule has 17 heavy (non-hydrogen) atoms. The second-order valence-corrected chi connectivity index (χ2v) is 5.13. The number of unbranched alkanes of at least 4 members (excludes halogenated alkanes) is 1. The average Bonchev–Trinajstić information content (AvgIpc) is 3.09. The number of hydrogen-bond acceptors (Lipinski definition) is 1. The van der Waals surface area contributed by atoms with E-state index < -0.39 is 11.4 Å². The van der Waals surface area contributed by atoms with Crippen LogP contribution in [-0.2, 0) is 16.6 Å². The molecule has 92 valence electrons. The van der Waals surface area contributed by atoms with Gasteiger partial charge in [-0.25, -0.2) is 0 Å². The van der Waals surface area contributed by atoms with Crippen molar-refractivity contribution in [2.24, 2.45) is 0 Å². The highest BCUT2D eigenvalue weighted by Crippen LogP contribution is 2.48. The first-order chi connectivity index (χ1) is 8.10. The number of carboxylic acid groups (broad SMARTS) is 1. The molecular formula is C15H20O2. The Bertz CT molecular complexity index is 431. The standard InChI is InChI=1S/C15H20O2/c1-3-4-5-12-10-13(7-6-11(12)2)15(8-9-15)14(16)17/h6-7,10H,3-5,8-9H2,1-2H3,(H,16,17). The van der Waals surface area contributed by atoms with Crippen LogP contribution in [0.1, 0.15) is 49.3 Å². The largest absolute Gasteiger partial charge is 0.481 e. The molecule has 1 N–H and O–H groups in total. The molecule has 1 aromatic rings. The lowest BCUT2D eigenvalue weighted by molar-refractivity contribution is -0.140. The minimum Gasteiger partial charge on any atom is -0.481 e. The summed E-state index contributed by atoms with van der Waals surface area (Å²) in [5.41, 5.74) is 3.04. The van der Waals surface area contributed by atoms with Crippen LogP contribution in [0.2, 0.25) is 0 Å². The zero-order chi connectivity index (χ0) is 12.5. The molecule has 1 saturated carbocycles. The Balaban J connectivity index is 2.28. The second kappa shape index (κ2) is 4.52. The summed E-state index contributed by atoms with van der Waals surface area (Å²) in [7, 11) is 0. The SMILES string of the molecule is CCCCc1cc(C2(C(=O)O)CC2)ccc1C. The number of carbonyl (C=O) groups is 1. The molecule has 0 heterocycles. The summed E-state index contributed by atoms with van der Waals surface area (Å²) >= 11 is 0. The van der Waals surface area contributed by atoms with Gasteiger partial charge in [0.25, 0.3) is 0 Å². The van der Waals surface area contributed by atoms with Gasteiger partial charge in [0.2, 0.25) is 0 Å². The fourth-order valence-electron chi connectivity index (χ4n) is 2.36. The van der Waals surface area contributed by atoms with Gasteiger partial charge in [-0.15, -0.1) is 0 Å². The van der Waals surface area contributed by atoms with Crippen molar-refractivity contribution in [1.82, 2.24) is 0 Å². The van der Waals surface area contributed by atoms with Crippen molar-refractivity contribution >= 4 is 5.97 Å². The highest BCUT2D eigenvalue weighted by atomic mass is 16.4. The highest BCUT2D eigenvalue weighted by Gasteiger charge is 2.51. The summed E-state index contributed by atoms with van der Waals surface area (Å²) in [4.78, 5) is 11.3. The number of hydrogen-bond donors (Lipinski definition) is 1. The summed E-state index contributed by atoms with van der Waals surface area (Å²) in [6.07, 6.45) is 4.99. The first-order valence-corrected chi connectivity index (χ1v) is 6.43. The van der Waals surface area contributed by atoms with Crippen LogP contribution in [0.25, 0.3) is 0 Å². The van der Waals surface area contributed by atoms with Gasteiger partial charge < -0.3 is 5.11 Å². The van der Waals surface area contributed by atoms with E-state index >= 15 is 0 Å². The molecule has 0 atom stereocenters. The zero-order valence-corrected chi connectivity index (χ0v) is 10.6. The third-order valence-corrected chi connectivity index (χ3v) is 3.86. The topological polar surface area (TPSA) is 37.3 Å². The number of carboxylic acids is 1. The van der Waals surface area contributed by atoms with Gasteiger partial charge in [-0.3, -0.25) is 4.79 Å². The van der Waals surface area contributed by atoms with E-state index in [1.54, 1.807) is 0 Å². The molecule has 0 aliphatic heterocycles. The Hall–Kier alpha value is -1.31. The lowest BCUT2D eigenvalue weighted by atomic mass is 9.91. The third-order valence-electron chi connectivity index (χ3n) is 3.86. The molecule has 0 amide bonds. The molecule has 0 bridgehead atoms. The maximum Gasteiger partial charge on any atom is 0.314 e. The van der Waals surface area contributed by atoms with Crippen molar-refractivity contribution < 1.29 is 9.90 Å². The molecule has 0 saturated heterocycles. The second-order valence-electron chi connectivity index (χ2n) is 5.13. The predicted octanol–water partition coefficient (Wildman–Crippen LogP) is 3.45. The normalized spacial score (nSPS) is 16.8. The Morgan fingerprint density at radius 1 is 1.41 bits per heavy atom. The van der Waals surface area contributed by atoms with Crippen LogP contribution in [0.3, 0.4) is 0 Å². The number of rotatable bonds is 5. The molecule has 2 heteroatoms. The molecule has 0 unspecified atom stereocenters. The van der Waals surface area contributed by atoms with Crippen LogP contribution < -0.4 is 0 Å². The van der Waals surface area contributed by atoms with Crippen LogP contribution in [0, 0.1) is 6.92 Å². The van der Waals surface area contributed by atoms with E-state index in [1.807, 2.05) is 6.07 Å². The van der Waals surface area contributed by atoms with Crippen molar-refractivity contribution in [3.05, 3.63) is 34.9 Å². The summed E-state index contributed by atoms with van der Waals surface area (Å²) in [5, 5.41) is 9.29. The maximum absolute atomic E-state index is 11.3. The first kappa shape index (κ1) is 12.2. The van der Waals surface area contributed by atoms with Gasteiger partial charge in [-0.1, -0.05) is 31.5 Å². The fourth-order valence-corrected chi connectivity index (χ4v) is 2.36. The van der Waals surface area contributed by atoms with Crippen LogP contribution in [-0.4, -0.2) is 11.1 Å². The van der Waals surface area contributed by atoms with Crippen molar-refractivity contribution in [2.45, 2.75) is 51.4 Å². The van der Waals surface area contributed by atoms with E-state index in [4.69, 9.17) is 0 Å². The molecule has 1 aliphatic rings. The predicted molar refractivity (Wildman–Crippen MR) is 68.3 cm³/mol. The van der Waals surface area contributed by atoms with Gasteiger partial charge in [0.15, 0.2) is 0 Å². The van der Waals surface area contributed by atoms with Crippen LogP contribution >= 0.6 is 0 Å². The zero-order valence-electron chi connectivity index (χ0n) is 10.6. The van der Waals surface area contributed by atoms with Crippen LogP contribution in [0.5, 0.6) is 0 Å². The summed E-state index contributed by atoms with van der Waals surface area (Å²) in [6.45, 7) is 4.29. The summed E-state index contributed by atoms with van der Waals surface area (Å²) in [5.74, 6) is -0.664. The van der Waals surface area contributed by atoms with Crippen molar-refractivity contribution in [3.8, 4) is 0 Å². The lowest BCUT2D eigenvalue weighted by Crippen LogP contribution is -2.19. The molecule has 2 rings (SSSR count). The fraction of sp³-hybridized carbons (Fsp3) is 0.533. The molecule has 2 nitrogen and oxygen atoms in total. The van der Waals surface area contributed by atoms with E-state index in [0.29, 0.717) is 0 Å². The Morgan fingerprint density at radius 2 is 2.12 bits per heavy atom. The average molecular weight is 232 g/mol. The maximum atomic E-state index is 11.3. The lowest BCUT2D eigenvalue weighted by Gasteiger charge is -2.13. The minimum absolute atomic E-state index is 0.561. The summed E-state index contributed by atoms with van der Waals surface area (Å²) < 4.78 is 0. The minimum atomic E-state index is -0.664. The quantitative estimate of drug-likeness (QED) is 0.844. The van der Waals surface area contributed by atoms with Crippen molar-refractivity contribution in [3.63, 3.8) is 0 Å². The van der Waals surface area contributed by atoms with Gasteiger partial charge >= 0.3 is 5.97 Å². The number of aliphatic carboxylic acids is 1. The van der Waals surface area contributed by atoms with E-state index in [-0.39, 0.29) is 0 Å². The van der Waals surface area contributed by atoms with Crippen LogP contribution in [0.4, 0.5) is 0 Å². The van der Waals surface area contributed by atoms with Gasteiger partial charge in [0.05, 0.1) is 5.41 Å². The first-order valence-electron chi connectivity index (χ1n) is 6.43. The molecule has 0 aromatic heterocycles. The third kappa shape index (κ3) is 2.21. The van der Waals surface area contributed by atoms with Gasteiger partial charge in [0.1, 0.15) is 0 Å². The van der Waals surface area contributed by atoms with Crippen molar-refractivity contribution in [1.29, 1.82) is 0 Å². The van der Waals surface area contributed by atoms with Gasteiger partial charge in [0, 0.05) is 0 Å². The van der Waals surface area contributed by atoms with E-state index in [2.05, 4.69) is 26.0 Å². The summed E-state index contributed by atoms with van der Waals surface area (Å²) in [6, 6.07) is 6.18. The van der Waals surface area contributed by atoms with Gasteiger partial charge in [-0.2, -0.15) is 0 Å². The van der Waals surface area contributed by atoms with E-state index in [1.165, 1.54) is 24.0 Å². The highest BCUT2D eigenvalue weighted by molar-refractivity contribution is 5.85. The number of benzene rings is 1. The molecular weight excluding hydrogens is 212 g/mol. The van der Waals surface area contributed by atoms with Crippen molar-refractivity contribution in [2.75, 3.05) is 0 Å². The Kier molecular flexibility index (Phi) is 3.23. The monoisotopic (exact) mass is 232 g/mol. The van der Waals surface area contributed by atoms with E-state index in [9.17, 15) is 9.90 Å². The smallest absolute Gasteiger partial charge is 0.314 e. The van der Waals surface area contributed by atoms with E-state index in [0.717, 1.165) is 24.8 Å².